The molecule has 3 rings (SSSR count). The van der Waals surface area contributed by atoms with E-state index in [0.717, 1.165) is 29.9 Å². The number of aryl methyl sites for hydroxylation is 1. The van der Waals surface area contributed by atoms with Crippen LogP contribution in [-0.2, 0) is 13.0 Å². The molecule has 0 amide bonds. The van der Waals surface area contributed by atoms with E-state index in [2.05, 4.69) is 64.1 Å². The summed E-state index contributed by atoms with van der Waals surface area (Å²) in [5.41, 5.74) is 3.74. The summed E-state index contributed by atoms with van der Waals surface area (Å²) in [6.07, 6.45) is 4.15. The summed E-state index contributed by atoms with van der Waals surface area (Å²) in [7, 11) is 0. The van der Waals surface area contributed by atoms with Gasteiger partial charge in [0.25, 0.3) is 0 Å². The van der Waals surface area contributed by atoms with Crippen molar-refractivity contribution in [3.63, 3.8) is 0 Å². The Bertz CT molecular complexity index is 742. The molecule has 2 aromatic carbocycles. The largest absolute Gasteiger partial charge is 0.337 e. The third-order valence-corrected chi connectivity index (χ3v) is 3.97. The quantitative estimate of drug-likeness (QED) is 0.667. The number of hydrogen-bond acceptors (Lipinski definition) is 1. The van der Waals surface area contributed by atoms with E-state index >= 15 is 0 Å². The molecule has 3 heteroatoms. The molecule has 0 fully saturated rings. The van der Waals surface area contributed by atoms with Crippen LogP contribution < -0.4 is 0 Å². The lowest BCUT2D eigenvalue weighted by molar-refractivity contribution is 0.640. The highest BCUT2D eigenvalue weighted by Crippen LogP contribution is 2.19. The van der Waals surface area contributed by atoms with Crippen LogP contribution in [0.15, 0.2) is 66.9 Å². The Morgan fingerprint density at radius 1 is 0.905 bits per heavy atom. The van der Waals surface area contributed by atoms with E-state index in [0.29, 0.717) is 0 Å². The average Bonchev–Trinajstić information content (AvgIpc) is 2.91. The van der Waals surface area contributed by atoms with Gasteiger partial charge in [-0.15, -0.1) is 0 Å². The van der Waals surface area contributed by atoms with Crippen molar-refractivity contribution >= 4 is 12.2 Å². The maximum absolute atomic E-state index is 5.41. The summed E-state index contributed by atoms with van der Waals surface area (Å²) in [5, 5.41) is 0. The zero-order valence-electron chi connectivity index (χ0n) is 11.8. The van der Waals surface area contributed by atoms with E-state index < -0.39 is 0 Å². The fraction of sp³-hybridized carbons (Fsp3) is 0.167. The zero-order chi connectivity index (χ0) is 14.5. The third-order valence-electron chi connectivity index (χ3n) is 3.63. The molecule has 1 N–H and O–H groups in total. The fourth-order valence-electron chi connectivity index (χ4n) is 2.55. The first kappa shape index (κ1) is 13.8. The van der Waals surface area contributed by atoms with Crippen LogP contribution in [-0.4, -0.2) is 9.55 Å². The molecule has 0 unspecified atom stereocenters. The summed E-state index contributed by atoms with van der Waals surface area (Å²) in [5.74, 6) is 0. The minimum atomic E-state index is 0.793. The van der Waals surface area contributed by atoms with E-state index in [9.17, 15) is 0 Å². The molecular formula is C18H18N2S. The molecular weight excluding hydrogens is 276 g/mol. The SMILES string of the molecule is S=c1[nH]cc(-c2ccccc2)n1CCCc1ccccc1. The maximum Gasteiger partial charge on any atom is 0.177 e. The van der Waals surface area contributed by atoms with Crippen molar-refractivity contribution in [1.82, 2.24) is 9.55 Å². The first-order valence-electron chi connectivity index (χ1n) is 7.22. The first-order chi connectivity index (χ1) is 10.3. The van der Waals surface area contributed by atoms with Gasteiger partial charge < -0.3 is 9.55 Å². The van der Waals surface area contributed by atoms with E-state index in [1.165, 1.54) is 11.1 Å². The van der Waals surface area contributed by atoms with Crippen molar-refractivity contribution in [3.8, 4) is 11.3 Å². The molecule has 0 aliphatic carbocycles. The number of rotatable bonds is 5. The van der Waals surface area contributed by atoms with Gasteiger partial charge in [0, 0.05) is 12.7 Å². The van der Waals surface area contributed by atoms with Crippen LogP contribution in [0.3, 0.4) is 0 Å². The van der Waals surface area contributed by atoms with Crippen molar-refractivity contribution < 1.29 is 0 Å². The molecule has 3 aromatic rings. The number of nitrogens with one attached hydrogen (secondary N) is 1. The molecule has 1 aromatic heterocycles. The van der Waals surface area contributed by atoms with Crippen LogP contribution >= 0.6 is 12.2 Å². The molecule has 0 aliphatic heterocycles. The van der Waals surface area contributed by atoms with Gasteiger partial charge >= 0.3 is 0 Å². The molecule has 0 bridgehead atoms. The van der Waals surface area contributed by atoms with Gasteiger partial charge in [0.05, 0.1) is 5.69 Å². The molecule has 0 aliphatic rings. The number of aromatic nitrogens is 2. The van der Waals surface area contributed by atoms with Crippen LogP contribution in [0, 0.1) is 4.77 Å². The topological polar surface area (TPSA) is 20.7 Å². The molecule has 0 spiro atoms. The fourth-order valence-corrected chi connectivity index (χ4v) is 2.80. The van der Waals surface area contributed by atoms with Gasteiger partial charge in [0.15, 0.2) is 4.77 Å². The number of imidazole rings is 1. The Labute approximate surface area is 130 Å². The second kappa shape index (κ2) is 6.55. The van der Waals surface area contributed by atoms with Crippen LogP contribution in [0.5, 0.6) is 0 Å². The highest BCUT2D eigenvalue weighted by atomic mass is 32.1. The Kier molecular flexibility index (Phi) is 4.31. The van der Waals surface area contributed by atoms with Gasteiger partial charge in [0.1, 0.15) is 0 Å². The molecule has 0 radical (unpaired) electrons. The standard InChI is InChI=1S/C18H18N2S/c21-18-19-14-17(16-11-5-2-6-12-16)20(18)13-7-10-15-8-3-1-4-9-15/h1-6,8-9,11-12,14H,7,10,13H2,(H,19,21). The lowest BCUT2D eigenvalue weighted by Gasteiger charge is -2.08. The summed E-state index contributed by atoms with van der Waals surface area (Å²) < 4.78 is 2.98. The monoisotopic (exact) mass is 294 g/mol. The zero-order valence-corrected chi connectivity index (χ0v) is 12.6. The Morgan fingerprint density at radius 2 is 1.57 bits per heavy atom. The lowest BCUT2D eigenvalue weighted by Crippen LogP contribution is -2.02. The average molecular weight is 294 g/mol. The van der Waals surface area contributed by atoms with E-state index in [4.69, 9.17) is 12.2 Å². The van der Waals surface area contributed by atoms with Gasteiger partial charge in [-0.3, -0.25) is 0 Å². The highest BCUT2D eigenvalue weighted by molar-refractivity contribution is 7.71. The molecule has 21 heavy (non-hydrogen) atoms. The smallest absolute Gasteiger partial charge is 0.177 e. The number of nitrogens with zero attached hydrogens (tertiary/aromatic N) is 1. The number of H-pyrrole nitrogens is 1. The van der Waals surface area contributed by atoms with Crippen LogP contribution in [0.2, 0.25) is 0 Å². The summed E-state index contributed by atoms with van der Waals surface area (Å²) >= 11 is 5.41. The third kappa shape index (κ3) is 3.31. The highest BCUT2D eigenvalue weighted by Gasteiger charge is 2.06. The minimum Gasteiger partial charge on any atom is -0.337 e. The lowest BCUT2D eigenvalue weighted by atomic mass is 10.1. The van der Waals surface area contributed by atoms with Crippen molar-refractivity contribution in [2.24, 2.45) is 0 Å². The van der Waals surface area contributed by atoms with Gasteiger partial charge in [-0.2, -0.15) is 0 Å². The first-order valence-corrected chi connectivity index (χ1v) is 7.63. The van der Waals surface area contributed by atoms with Gasteiger partial charge in [-0.1, -0.05) is 60.7 Å². The molecule has 0 saturated heterocycles. The molecule has 2 nitrogen and oxygen atoms in total. The molecule has 0 atom stereocenters. The van der Waals surface area contributed by atoms with Crippen molar-refractivity contribution in [3.05, 3.63) is 77.2 Å². The summed E-state index contributed by atoms with van der Waals surface area (Å²) in [4.78, 5) is 3.16. The van der Waals surface area contributed by atoms with E-state index in [1.807, 2.05) is 12.3 Å². The van der Waals surface area contributed by atoms with Crippen molar-refractivity contribution in [2.45, 2.75) is 19.4 Å². The van der Waals surface area contributed by atoms with E-state index in [1.54, 1.807) is 0 Å². The van der Waals surface area contributed by atoms with Gasteiger partial charge in [0.2, 0.25) is 0 Å². The summed E-state index contributed by atoms with van der Waals surface area (Å²) in [6.45, 7) is 0.932. The normalized spacial score (nSPS) is 10.7. The van der Waals surface area contributed by atoms with Gasteiger partial charge in [-0.05, 0) is 36.2 Å². The number of aromatic amines is 1. The number of benzene rings is 2. The Morgan fingerprint density at radius 3 is 2.29 bits per heavy atom. The van der Waals surface area contributed by atoms with Crippen molar-refractivity contribution in [2.75, 3.05) is 0 Å². The van der Waals surface area contributed by atoms with E-state index in [-0.39, 0.29) is 0 Å². The predicted octanol–water partition coefficient (Wildman–Crippen LogP) is 4.85. The van der Waals surface area contributed by atoms with Crippen LogP contribution in [0.4, 0.5) is 0 Å². The molecule has 106 valence electrons. The maximum atomic E-state index is 5.41. The second-order valence-electron chi connectivity index (χ2n) is 5.09. The Hall–Kier alpha value is -2.13. The Balaban J connectivity index is 1.74. The van der Waals surface area contributed by atoms with Crippen molar-refractivity contribution in [1.29, 1.82) is 0 Å². The summed E-state index contributed by atoms with van der Waals surface area (Å²) in [6, 6.07) is 21.0. The number of hydrogen-bond donors (Lipinski definition) is 1. The second-order valence-corrected chi connectivity index (χ2v) is 5.47. The predicted molar refractivity (Wildman–Crippen MR) is 89.8 cm³/mol. The minimum absolute atomic E-state index is 0.793. The van der Waals surface area contributed by atoms with Crippen LogP contribution in [0.1, 0.15) is 12.0 Å². The van der Waals surface area contributed by atoms with Crippen LogP contribution in [0.25, 0.3) is 11.3 Å². The van der Waals surface area contributed by atoms with Gasteiger partial charge in [-0.25, -0.2) is 0 Å². The molecule has 0 saturated carbocycles. The molecule has 1 heterocycles.